The van der Waals surface area contributed by atoms with Gasteiger partial charge in [0.1, 0.15) is 5.58 Å². The second kappa shape index (κ2) is 12.1. The zero-order chi connectivity index (χ0) is 36.6. The molecule has 0 unspecified atom stereocenters. The standard InChI is InChI=1S/C50H38N2O2/c1-5-32-31-53-48-38(32)16-11-18-45(48)52(46-19-12-17-40-39-15-9-10-20-47(39)54-49(40)46)37-25-21-33(22-26-37)34-23-27-43-41(29-34)42-30-35(50(2,3)4)24-28-44(42)51(43)36-13-7-6-8-14-36/h5-31H,1H2,2-4H3. The second-order valence-corrected chi connectivity index (χ2v) is 15.1. The Morgan fingerprint density at radius 1 is 0.574 bits per heavy atom. The van der Waals surface area contributed by atoms with Gasteiger partial charge in [-0.3, -0.25) is 0 Å². The number of aromatic nitrogens is 1. The largest absolute Gasteiger partial charge is 0.461 e. The Kier molecular flexibility index (Phi) is 7.18. The predicted molar refractivity (Wildman–Crippen MR) is 227 cm³/mol. The van der Waals surface area contributed by atoms with Gasteiger partial charge in [-0.1, -0.05) is 118 Å². The maximum absolute atomic E-state index is 6.59. The molecule has 0 bridgehead atoms. The van der Waals surface area contributed by atoms with Crippen LogP contribution in [0.25, 0.3) is 77.6 Å². The van der Waals surface area contributed by atoms with E-state index in [0.717, 1.165) is 72.3 Å². The molecular formula is C50H38N2O2. The summed E-state index contributed by atoms with van der Waals surface area (Å²) in [5, 5.41) is 5.67. The minimum atomic E-state index is 0.0363. The van der Waals surface area contributed by atoms with Crippen LogP contribution in [-0.4, -0.2) is 4.57 Å². The predicted octanol–water partition coefficient (Wildman–Crippen LogP) is 14.5. The van der Waals surface area contributed by atoms with Gasteiger partial charge in [0.05, 0.1) is 28.7 Å². The summed E-state index contributed by atoms with van der Waals surface area (Å²) in [5.74, 6) is 0. The molecule has 0 aliphatic carbocycles. The zero-order valence-corrected chi connectivity index (χ0v) is 30.5. The van der Waals surface area contributed by atoms with Crippen molar-refractivity contribution in [2.45, 2.75) is 26.2 Å². The van der Waals surface area contributed by atoms with E-state index in [4.69, 9.17) is 8.83 Å². The molecule has 0 N–H and O–H groups in total. The normalized spacial score (nSPS) is 12.1. The third kappa shape index (κ3) is 4.98. The molecule has 4 nitrogen and oxygen atoms in total. The Morgan fingerprint density at radius 2 is 1.22 bits per heavy atom. The molecule has 3 heterocycles. The van der Waals surface area contributed by atoms with Gasteiger partial charge >= 0.3 is 0 Å². The van der Waals surface area contributed by atoms with E-state index in [2.05, 4.69) is 176 Å². The zero-order valence-electron chi connectivity index (χ0n) is 30.5. The number of hydrogen-bond acceptors (Lipinski definition) is 3. The Hall–Kier alpha value is -6.78. The fourth-order valence-corrected chi connectivity index (χ4v) is 8.04. The first-order chi connectivity index (χ1) is 26.4. The molecular weight excluding hydrogens is 661 g/mol. The van der Waals surface area contributed by atoms with Crippen molar-refractivity contribution in [1.82, 2.24) is 4.57 Å². The van der Waals surface area contributed by atoms with Gasteiger partial charge in [0, 0.05) is 43.9 Å². The summed E-state index contributed by atoms with van der Waals surface area (Å²) in [6.45, 7) is 10.9. The number of fused-ring (bicyclic) bond motifs is 7. The number of nitrogens with zero attached hydrogens (tertiary/aromatic N) is 2. The summed E-state index contributed by atoms with van der Waals surface area (Å²) in [5.41, 5.74) is 13.5. The average molecular weight is 699 g/mol. The Labute approximate surface area is 313 Å². The smallest absolute Gasteiger partial charge is 0.159 e. The summed E-state index contributed by atoms with van der Waals surface area (Å²) >= 11 is 0. The lowest BCUT2D eigenvalue weighted by atomic mass is 9.86. The van der Waals surface area contributed by atoms with E-state index < -0.39 is 0 Å². The first kappa shape index (κ1) is 31.9. The lowest BCUT2D eigenvalue weighted by molar-refractivity contribution is 0.591. The van der Waals surface area contributed by atoms with Gasteiger partial charge in [-0.2, -0.15) is 0 Å². The molecule has 4 heteroatoms. The highest BCUT2D eigenvalue weighted by Crippen LogP contribution is 2.45. The Bertz CT molecular complexity index is 3040. The van der Waals surface area contributed by atoms with Crippen LogP contribution in [0.5, 0.6) is 0 Å². The van der Waals surface area contributed by atoms with E-state index >= 15 is 0 Å². The van der Waals surface area contributed by atoms with E-state index in [1.165, 1.54) is 27.4 Å². The molecule has 0 fully saturated rings. The number of furan rings is 2. The highest BCUT2D eigenvalue weighted by molar-refractivity contribution is 6.12. The summed E-state index contributed by atoms with van der Waals surface area (Å²) in [4.78, 5) is 2.25. The SMILES string of the molecule is C=Cc1coc2c(N(c3ccc(-c4ccc5c(c4)c4cc(C(C)(C)C)ccc4n5-c4ccccc4)cc3)c3cccc4c3oc3ccccc34)cccc12. The fraction of sp³-hybridized carbons (Fsp3) is 0.0800. The van der Waals surface area contributed by atoms with Gasteiger partial charge in [-0.15, -0.1) is 0 Å². The summed E-state index contributed by atoms with van der Waals surface area (Å²) < 4.78 is 15.2. The molecule has 0 aliphatic heterocycles. The molecule has 0 spiro atoms. The van der Waals surface area contributed by atoms with Gasteiger partial charge in [-0.25, -0.2) is 0 Å². The van der Waals surface area contributed by atoms with Gasteiger partial charge < -0.3 is 18.3 Å². The molecule has 3 aromatic heterocycles. The number of anilines is 3. The molecule has 0 saturated heterocycles. The molecule has 10 aromatic rings. The monoisotopic (exact) mass is 698 g/mol. The third-order valence-electron chi connectivity index (χ3n) is 10.8. The number of rotatable bonds is 6. The second-order valence-electron chi connectivity index (χ2n) is 15.1. The van der Waals surface area contributed by atoms with Crippen LogP contribution < -0.4 is 4.90 Å². The molecule has 54 heavy (non-hydrogen) atoms. The summed E-state index contributed by atoms with van der Waals surface area (Å²) in [6, 6.07) is 54.1. The van der Waals surface area contributed by atoms with Crippen molar-refractivity contribution in [3.05, 3.63) is 176 Å². The van der Waals surface area contributed by atoms with Crippen LogP contribution in [0.2, 0.25) is 0 Å². The number of hydrogen-bond donors (Lipinski definition) is 0. The van der Waals surface area contributed by atoms with Crippen molar-refractivity contribution in [2.24, 2.45) is 0 Å². The highest BCUT2D eigenvalue weighted by Gasteiger charge is 2.23. The molecule has 0 aliphatic rings. The molecule has 0 amide bonds. The topological polar surface area (TPSA) is 34.5 Å². The van der Waals surface area contributed by atoms with Crippen LogP contribution in [0, 0.1) is 0 Å². The first-order valence-electron chi connectivity index (χ1n) is 18.4. The average Bonchev–Trinajstić information content (AvgIpc) is 3.90. The minimum absolute atomic E-state index is 0.0363. The van der Waals surface area contributed by atoms with Crippen molar-refractivity contribution in [2.75, 3.05) is 4.90 Å². The van der Waals surface area contributed by atoms with Crippen molar-refractivity contribution >= 4 is 77.9 Å². The molecule has 7 aromatic carbocycles. The van der Waals surface area contributed by atoms with Crippen LogP contribution in [-0.2, 0) is 5.41 Å². The highest BCUT2D eigenvalue weighted by atomic mass is 16.3. The maximum atomic E-state index is 6.59. The fourth-order valence-electron chi connectivity index (χ4n) is 8.04. The minimum Gasteiger partial charge on any atom is -0.461 e. The first-order valence-corrected chi connectivity index (χ1v) is 18.4. The van der Waals surface area contributed by atoms with Crippen LogP contribution >= 0.6 is 0 Å². The van der Waals surface area contributed by atoms with Crippen LogP contribution in [0.15, 0.2) is 173 Å². The Morgan fingerprint density at radius 3 is 1.98 bits per heavy atom. The summed E-state index contributed by atoms with van der Waals surface area (Å²) in [6.07, 6.45) is 3.62. The van der Waals surface area contributed by atoms with Crippen LogP contribution in [0.3, 0.4) is 0 Å². The quantitative estimate of drug-likeness (QED) is 0.173. The van der Waals surface area contributed by atoms with E-state index in [1.807, 2.05) is 18.2 Å². The van der Waals surface area contributed by atoms with Gasteiger partial charge in [0.2, 0.25) is 0 Å². The molecule has 0 saturated carbocycles. The van der Waals surface area contributed by atoms with Crippen molar-refractivity contribution in [3.8, 4) is 16.8 Å². The van der Waals surface area contributed by atoms with Gasteiger partial charge in [0.25, 0.3) is 0 Å². The maximum Gasteiger partial charge on any atom is 0.159 e. The van der Waals surface area contributed by atoms with E-state index in [9.17, 15) is 0 Å². The molecule has 10 rings (SSSR count). The van der Waals surface area contributed by atoms with Crippen LogP contribution in [0.1, 0.15) is 31.9 Å². The third-order valence-corrected chi connectivity index (χ3v) is 10.8. The van der Waals surface area contributed by atoms with Crippen LogP contribution in [0.4, 0.5) is 17.1 Å². The van der Waals surface area contributed by atoms with E-state index in [-0.39, 0.29) is 5.41 Å². The van der Waals surface area contributed by atoms with E-state index in [1.54, 1.807) is 6.26 Å². The molecule has 260 valence electrons. The van der Waals surface area contributed by atoms with E-state index in [0.29, 0.717) is 0 Å². The molecule has 0 radical (unpaired) electrons. The lowest BCUT2D eigenvalue weighted by Gasteiger charge is -2.25. The molecule has 0 atom stereocenters. The van der Waals surface area contributed by atoms with Crippen molar-refractivity contribution in [3.63, 3.8) is 0 Å². The van der Waals surface area contributed by atoms with Gasteiger partial charge in [0.15, 0.2) is 11.2 Å². The van der Waals surface area contributed by atoms with Gasteiger partial charge in [-0.05, 0) is 88.8 Å². The Balaban J connectivity index is 1.14. The van der Waals surface area contributed by atoms with Crippen molar-refractivity contribution in [1.29, 1.82) is 0 Å². The lowest BCUT2D eigenvalue weighted by Crippen LogP contribution is -2.10. The summed E-state index contributed by atoms with van der Waals surface area (Å²) in [7, 11) is 0. The number of benzene rings is 7. The van der Waals surface area contributed by atoms with Crippen molar-refractivity contribution < 1.29 is 8.83 Å². The number of para-hydroxylation sites is 4.